The highest BCUT2D eigenvalue weighted by Gasteiger charge is 2.34. The van der Waals surface area contributed by atoms with Gasteiger partial charge in [-0.1, -0.05) is 31.2 Å². The fourth-order valence-electron chi connectivity index (χ4n) is 3.47. The van der Waals surface area contributed by atoms with Crippen molar-refractivity contribution in [2.45, 2.75) is 45.7 Å². The molecule has 3 rings (SSSR count). The van der Waals surface area contributed by atoms with E-state index in [2.05, 4.69) is 11.9 Å². The summed E-state index contributed by atoms with van der Waals surface area (Å²) in [5, 5.41) is 0. The Labute approximate surface area is 156 Å². The Bertz CT molecular complexity index is 829. The third-order valence-corrected chi connectivity index (χ3v) is 4.94. The van der Waals surface area contributed by atoms with E-state index in [1.165, 1.54) is 6.08 Å². The Morgan fingerprint density at radius 2 is 2.11 bits per heavy atom. The molecule has 7 heteroatoms. The summed E-state index contributed by atoms with van der Waals surface area (Å²) in [6, 6.07) is 0. The number of hydrogen-bond acceptors (Lipinski definition) is 4. The van der Waals surface area contributed by atoms with Gasteiger partial charge in [0.05, 0.1) is 12.3 Å². The molecule has 27 heavy (non-hydrogen) atoms. The molecule has 0 bridgehead atoms. The number of nitrogens with zero attached hydrogens (tertiary/aromatic N) is 1. The Kier molecular flexibility index (Phi) is 5.72. The first-order valence-electron chi connectivity index (χ1n) is 8.92. The minimum atomic E-state index is -4.28. The van der Waals surface area contributed by atoms with E-state index in [1.54, 1.807) is 0 Å². The van der Waals surface area contributed by atoms with Gasteiger partial charge in [-0.25, -0.2) is 10.9 Å². The number of alkyl halides is 3. The molecule has 2 aliphatic carbocycles. The highest BCUT2D eigenvalue weighted by molar-refractivity contribution is 5.67. The van der Waals surface area contributed by atoms with Crippen LogP contribution in [0, 0.1) is 12.8 Å². The van der Waals surface area contributed by atoms with Crippen LogP contribution in [0.2, 0.25) is 0 Å². The highest BCUT2D eigenvalue weighted by Crippen LogP contribution is 2.35. The summed E-state index contributed by atoms with van der Waals surface area (Å²) in [6.07, 6.45) is 4.12. The molecular weight excluding hydrogens is 357 g/mol. The second kappa shape index (κ2) is 7.86. The summed E-state index contributed by atoms with van der Waals surface area (Å²) in [4.78, 5) is 9.14. The molecule has 146 valence electrons. The average Bonchev–Trinajstić information content (AvgIpc) is 2.96. The van der Waals surface area contributed by atoms with Crippen molar-refractivity contribution in [1.29, 1.82) is 0 Å². The zero-order chi connectivity index (χ0) is 19.6. The van der Waals surface area contributed by atoms with Gasteiger partial charge in [0, 0.05) is 12.0 Å². The quantitative estimate of drug-likeness (QED) is 0.733. The Morgan fingerprint density at radius 3 is 2.78 bits per heavy atom. The molecule has 0 spiro atoms. The first kappa shape index (κ1) is 19.6. The predicted molar refractivity (Wildman–Crippen MR) is 96.4 cm³/mol. The van der Waals surface area contributed by atoms with Gasteiger partial charge < -0.3 is 9.25 Å². The molecule has 0 saturated carbocycles. The van der Waals surface area contributed by atoms with Crippen molar-refractivity contribution in [2.75, 3.05) is 6.61 Å². The van der Waals surface area contributed by atoms with Crippen LogP contribution in [0.15, 0.2) is 45.4 Å². The van der Waals surface area contributed by atoms with Crippen LogP contribution in [0.5, 0.6) is 0 Å². The zero-order valence-electron chi connectivity index (χ0n) is 15.4. The van der Waals surface area contributed by atoms with E-state index < -0.39 is 11.7 Å². The second-order valence-corrected chi connectivity index (χ2v) is 7.03. The van der Waals surface area contributed by atoms with Crippen LogP contribution in [-0.4, -0.2) is 17.8 Å². The topological polar surface area (TPSA) is 61.3 Å². The van der Waals surface area contributed by atoms with Crippen LogP contribution >= 0.6 is 0 Å². The first-order valence-corrected chi connectivity index (χ1v) is 8.92. The lowest BCUT2D eigenvalue weighted by Gasteiger charge is -2.20. The SMILES string of the molecule is Cc1nc(CC2=CCCC(C(F)(F)F)=C2)oc1C1=CC=C(CON)C(C)C1. The first-order chi connectivity index (χ1) is 12.8. The van der Waals surface area contributed by atoms with Gasteiger partial charge in [-0.05, 0) is 48.8 Å². The summed E-state index contributed by atoms with van der Waals surface area (Å²) < 4.78 is 44.7. The van der Waals surface area contributed by atoms with Crippen molar-refractivity contribution in [3.8, 4) is 0 Å². The molecular formula is C20H23F3N2O2. The lowest BCUT2D eigenvalue weighted by atomic mass is 9.87. The predicted octanol–water partition coefficient (Wildman–Crippen LogP) is 4.97. The second-order valence-electron chi connectivity index (χ2n) is 7.03. The molecule has 1 atom stereocenters. The number of hydrogen-bond donors (Lipinski definition) is 1. The summed E-state index contributed by atoms with van der Waals surface area (Å²) in [5.41, 5.74) is 2.97. The molecule has 4 nitrogen and oxygen atoms in total. The normalized spacial score (nSPS) is 20.7. The van der Waals surface area contributed by atoms with Crippen LogP contribution in [0.3, 0.4) is 0 Å². The standard InChI is InChI=1S/C20H23F3N2O2/c1-12-8-15(6-7-16(12)11-26-24)19-13(2)25-18(27-19)10-14-4-3-5-17(9-14)20(21,22)23/h4,6-7,9,12H,3,5,8,10-11,24H2,1-2H3. The lowest BCUT2D eigenvalue weighted by molar-refractivity contribution is -0.0941. The van der Waals surface area contributed by atoms with Crippen LogP contribution < -0.4 is 5.90 Å². The van der Waals surface area contributed by atoms with E-state index in [0.29, 0.717) is 30.3 Å². The summed E-state index contributed by atoms with van der Waals surface area (Å²) >= 11 is 0. The monoisotopic (exact) mass is 380 g/mol. The fourth-order valence-corrected chi connectivity index (χ4v) is 3.47. The minimum Gasteiger partial charge on any atom is -0.440 e. The van der Waals surface area contributed by atoms with E-state index in [1.807, 2.05) is 25.2 Å². The molecule has 1 aromatic heterocycles. The lowest BCUT2D eigenvalue weighted by Crippen LogP contribution is -2.14. The van der Waals surface area contributed by atoms with Gasteiger partial charge in [0.15, 0.2) is 11.7 Å². The number of oxazole rings is 1. The molecule has 0 aromatic carbocycles. The van der Waals surface area contributed by atoms with Gasteiger partial charge in [0.2, 0.25) is 0 Å². The highest BCUT2D eigenvalue weighted by atomic mass is 19.4. The molecule has 1 heterocycles. The minimum absolute atomic E-state index is 0.0226. The molecule has 2 N–H and O–H groups in total. The van der Waals surface area contributed by atoms with E-state index in [-0.39, 0.29) is 18.8 Å². The maximum absolute atomic E-state index is 12.9. The molecule has 0 fully saturated rings. The van der Waals surface area contributed by atoms with Crippen LogP contribution in [0.1, 0.15) is 43.5 Å². The van der Waals surface area contributed by atoms with Crippen LogP contribution in [0.4, 0.5) is 13.2 Å². The number of aryl methyl sites for hydroxylation is 1. The average molecular weight is 380 g/mol. The summed E-state index contributed by atoms with van der Waals surface area (Å²) in [5.74, 6) is 6.54. The smallest absolute Gasteiger partial charge is 0.412 e. The Balaban J connectivity index is 1.78. The van der Waals surface area contributed by atoms with E-state index in [9.17, 15) is 13.2 Å². The molecule has 2 aliphatic rings. The number of halogens is 3. The molecule has 0 saturated heterocycles. The fraction of sp³-hybridized carbons (Fsp3) is 0.450. The summed E-state index contributed by atoms with van der Waals surface area (Å²) in [6.45, 7) is 4.32. The van der Waals surface area contributed by atoms with Gasteiger partial charge in [-0.2, -0.15) is 13.2 Å². The summed E-state index contributed by atoms with van der Waals surface area (Å²) in [7, 11) is 0. The Hall–Kier alpha value is -2.12. The van der Waals surface area contributed by atoms with E-state index in [4.69, 9.17) is 15.2 Å². The Morgan fingerprint density at radius 1 is 1.33 bits per heavy atom. The van der Waals surface area contributed by atoms with Crippen LogP contribution in [-0.2, 0) is 11.3 Å². The molecule has 0 amide bonds. The molecule has 1 unspecified atom stereocenters. The van der Waals surface area contributed by atoms with Crippen LogP contribution in [0.25, 0.3) is 5.57 Å². The third kappa shape index (κ3) is 4.59. The van der Waals surface area contributed by atoms with Crippen molar-refractivity contribution >= 4 is 5.57 Å². The third-order valence-electron chi connectivity index (χ3n) is 4.94. The molecule has 0 radical (unpaired) electrons. The van der Waals surface area contributed by atoms with Crippen molar-refractivity contribution < 1.29 is 22.4 Å². The van der Waals surface area contributed by atoms with Crippen molar-refractivity contribution in [1.82, 2.24) is 4.98 Å². The number of nitrogens with two attached hydrogens (primary N) is 1. The van der Waals surface area contributed by atoms with Gasteiger partial charge in [-0.3, -0.25) is 0 Å². The van der Waals surface area contributed by atoms with E-state index >= 15 is 0 Å². The number of allylic oxidation sites excluding steroid dienone is 7. The largest absolute Gasteiger partial charge is 0.440 e. The van der Waals surface area contributed by atoms with Crippen molar-refractivity contribution in [2.24, 2.45) is 11.8 Å². The van der Waals surface area contributed by atoms with Gasteiger partial charge in [0.1, 0.15) is 0 Å². The van der Waals surface area contributed by atoms with Gasteiger partial charge in [-0.15, -0.1) is 0 Å². The van der Waals surface area contributed by atoms with Gasteiger partial charge >= 0.3 is 6.18 Å². The maximum Gasteiger partial charge on any atom is 0.412 e. The van der Waals surface area contributed by atoms with E-state index in [0.717, 1.165) is 23.3 Å². The molecule has 1 aromatic rings. The van der Waals surface area contributed by atoms with Crippen molar-refractivity contribution in [3.63, 3.8) is 0 Å². The molecule has 0 aliphatic heterocycles. The number of aromatic nitrogens is 1. The maximum atomic E-state index is 12.9. The zero-order valence-corrected chi connectivity index (χ0v) is 15.4. The number of rotatable bonds is 5. The van der Waals surface area contributed by atoms with Crippen molar-refractivity contribution in [3.05, 3.63) is 58.4 Å². The van der Waals surface area contributed by atoms with Gasteiger partial charge in [0.25, 0.3) is 0 Å².